The Kier molecular flexibility index (Phi) is 4.14. The van der Waals surface area contributed by atoms with E-state index in [1.54, 1.807) is 6.08 Å². The Bertz CT molecular complexity index is 732. The number of hydrogen-bond acceptors (Lipinski definition) is 2. The molecule has 1 aliphatic carbocycles. The zero-order valence-electron chi connectivity index (χ0n) is 12.3. The first-order chi connectivity index (χ1) is 10.6. The van der Waals surface area contributed by atoms with Gasteiger partial charge in [0.15, 0.2) is 5.78 Å². The Morgan fingerprint density at radius 3 is 2.36 bits per heavy atom. The highest BCUT2D eigenvalue weighted by molar-refractivity contribution is 6.30. The fourth-order valence-corrected chi connectivity index (χ4v) is 3.07. The minimum absolute atomic E-state index is 0.0320. The van der Waals surface area contributed by atoms with Crippen molar-refractivity contribution in [1.82, 2.24) is 0 Å². The number of ketones is 1. The molecule has 0 aliphatic heterocycles. The van der Waals surface area contributed by atoms with Crippen molar-refractivity contribution in [3.05, 3.63) is 70.8 Å². The average Bonchev–Trinajstić information content (AvgIpc) is 2.86. The molecule has 22 heavy (non-hydrogen) atoms. The minimum Gasteiger partial charge on any atom is -0.388 e. The second kappa shape index (κ2) is 6.07. The van der Waals surface area contributed by atoms with Gasteiger partial charge in [0.05, 0.1) is 12.0 Å². The third kappa shape index (κ3) is 2.72. The van der Waals surface area contributed by atoms with Gasteiger partial charge in [0.25, 0.3) is 0 Å². The van der Waals surface area contributed by atoms with Crippen molar-refractivity contribution in [2.45, 2.75) is 25.4 Å². The summed E-state index contributed by atoms with van der Waals surface area (Å²) in [5.74, 6) is -0.516. The van der Waals surface area contributed by atoms with Gasteiger partial charge in [0.1, 0.15) is 0 Å². The molecule has 3 rings (SSSR count). The van der Waals surface area contributed by atoms with E-state index in [2.05, 4.69) is 6.92 Å². The number of carbonyl (C=O) groups is 1. The first kappa shape index (κ1) is 15.0. The van der Waals surface area contributed by atoms with Gasteiger partial charge in [-0.05, 0) is 46.9 Å². The lowest BCUT2D eigenvalue weighted by atomic mass is 9.87. The fraction of sp³-hybridized carbons (Fsp3) is 0.211. The molecule has 0 heterocycles. The molecule has 2 nitrogen and oxygen atoms in total. The maximum atomic E-state index is 12.1. The van der Waals surface area contributed by atoms with Gasteiger partial charge < -0.3 is 5.11 Å². The monoisotopic (exact) mass is 312 g/mol. The molecule has 0 fully saturated rings. The summed E-state index contributed by atoms with van der Waals surface area (Å²) in [5.41, 5.74) is 4.08. The van der Waals surface area contributed by atoms with Crippen LogP contribution in [0.15, 0.2) is 54.6 Å². The van der Waals surface area contributed by atoms with E-state index >= 15 is 0 Å². The lowest BCUT2D eigenvalue weighted by Gasteiger charge is -2.19. The summed E-state index contributed by atoms with van der Waals surface area (Å²) in [6.07, 6.45) is 3.14. The number of rotatable bonds is 3. The maximum Gasteiger partial charge on any atom is 0.165 e. The van der Waals surface area contributed by atoms with Crippen LogP contribution in [-0.4, -0.2) is 17.0 Å². The first-order valence-electron chi connectivity index (χ1n) is 7.39. The SMILES string of the molecule is CCc1ccc(-c2ccc(Cl)cc2)cc1C1C(=O)C=CC1O. The Morgan fingerprint density at radius 1 is 1.09 bits per heavy atom. The number of halogens is 1. The molecule has 0 spiro atoms. The van der Waals surface area contributed by atoms with Crippen molar-refractivity contribution in [1.29, 1.82) is 0 Å². The largest absolute Gasteiger partial charge is 0.388 e. The van der Waals surface area contributed by atoms with Crippen LogP contribution in [-0.2, 0) is 11.2 Å². The van der Waals surface area contributed by atoms with E-state index in [9.17, 15) is 9.90 Å². The summed E-state index contributed by atoms with van der Waals surface area (Å²) >= 11 is 5.93. The normalized spacial score (nSPS) is 20.6. The van der Waals surface area contributed by atoms with E-state index in [0.29, 0.717) is 5.02 Å². The van der Waals surface area contributed by atoms with E-state index in [1.807, 2.05) is 42.5 Å². The molecule has 3 heteroatoms. The number of aliphatic hydroxyl groups is 1. The fourth-order valence-electron chi connectivity index (χ4n) is 2.94. The molecule has 2 unspecified atom stereocenters. The number of aliphatic hydroxyl groups excluding tert-OH is 1. The molecule has 0 aromatic heterocycles. The summed E-state index contributed by atoms with van der Waals surface area (Å²) in [6.45, 7) is 2.06. The molecule has 0 bridgehead atoms. The highest BCUT2D eigenvalue weighted by Gasteiger charge is 2.31. The van der Waals surface area contributed by atoms with Crippen molar-refractivity contribution in [3.63, 3.8) is 0 Å². The topological polar surface area (TPSA) is 37.3 Å². The molecule has 0 saturated heterocycles. The summed E-state index contributed by atoms with van der Waals surface area (Å²) in [6, 6.07) is 13.7. The van der Waals surface area contributed by atoms with Gasteiger partial charge in [-0.1, -0.05) is 54.9 Å². The Balaban J connectivity index is 2.07. The smallest absolute Gasteiger partial charge is 0.165 e. The lowest BCUT2D eigenvalue weighted by molar-refractivity contribution is -0.116. The Labute approximate surface area is 135 Å². The third-order valence-corrected chi connectivity index (χ3v) is 4.40. The van der Waals surface area contributed by atoms with Gasteiger partial charge in [-0.3, -0.25) is 4.79 Å². The van der Waals surface area contributed by atoms with Crippen LogP contribution in [0.2, 0.25) is 5.02 Å². The number of allylic oxidation sites excluding steroid dienone is 1. The molecule has 1 N–H and O–H groups in total. The number of carbonyl (C=O) groups excluding carboxylic acids is 1. The first-order valence-corrected chi connectivity index (χ1v) is 7.77. The molecule has 2 atom stereocenters. The summed E-state index contributed by atoms with van der Waals surface area (Å²) in [5, 5.41) is 10.8. The van der Waals surface area contributed by atoms with Crippen LogP contribution in [0.25, 0.3) is 11.1 Å². The predicted octanol–water partition coefficient (Wildman–Crippen LogP) is 4.15. The quantitative estimate of drug-likeness (QED) is 0.924. The van der Waals surface area contributed by atoms with Crippen molar-refractivity contribution >= 4 is 17.4 Å². The Hall–Kier alpha value is -1.90. The van der Waals surface area contributed by atoms with Crippen LogP contribution < -0.4 is 0 Å². The number of aryl methyl sites for hydroxylation is 1. The molecule has 2 aromatic carbocycles. The van der Waals surface area contributed by atoms with Gasteiger partial charge in [-0.15, -0.1) is 0 Å². The third-order valence-electron chi connectivity index (χ3n) is 4.15. The van der Waals surface area contributed by atoms with Gasteiger partial charge in [0, 0.05) is 5.02 Å². The molecule has 112 valence electrons. The molecule has 0 amide bonds. The minimum atomic E-state index is -0.738. The standard InChI is InChI=1S/C19H17ClO2/c1-2-12-3-4-14(13-5-7-15(20)8-6-13)11-16(12)19-17(21)9-10-18(19)22/h3-11,17,19,21H,2H2,1H3. The summed E-state index contributed by atoms with van der Waals surface area (Å²) < 4.78 is 0. The van der Waals surface area contributed by atoms with Crippen LogP contribution in [0.4, 0.5) is 0 Å². The van der Waals surface area contributed by atoms with Gasteiger partial charge in [-0.25, -0.2) is 0 Å². The summed E-state index contributed by atoms with van der Waals surface area (Å²) in [7, 11) is 0. The zero-order chi connectivity index (χ0) is 15.7. The van der Waals surface area contributed by atoms with Crippen LogP contribution >= 0.6 is 11.6 Å². The van der Waals surface area contributed by atoms with Crippen LogP contribution in [0, 0.1) is 0 Å². The van der Waals surface area contributed by atoms with Crippen molar-refractivity contribution in [2.24, 2.45) is 0 Å². The maximum absolute atomic E-state index is 12.1. The van der Waals surface area contributed by atoms with Gasteiger partial charge >= 0.3 is 0 Å². The molecular formula is C19H17ClO2. The number of hydrogen-bond donors (Lipinski definition) is 1. The second-order valence-corrected chi connectivity index (χ2v) is 5.94. The average molecular weight is 313 g/mol. The van der Waals surface area contributed by atoms with Gasteiger partial charge in [0.2, 0.25) is 0 Å². The van der Waals surface area contributed by atoms with Gasteiger partial charge in [-0.2, -0.15) is 0 Å². The van der Waals surface area contributed by atoms with Crippen molar-refractivity contribution in [2.75, 3.05) is 0 Å². The Morgan fingerprint density at radius 2 is 1.77 bits per heavy atom. The van der Waals surface area contributed by atoms with E-state index in [-0.39, 0.29) is 5.78 Å². The highest BCUT2D eigenvalue weighted by Crippen LogP contribution is 2.33. The predicted molar refractivity (Wildman–Crippen MR) is 89.2 cm³/mol. The van der Waals surface area contributed by atoms with Crippen molar-refractivity contribution < 1.29 is 9.90 Å². The summed E-state index contributed by atoms with van der Waals surface area (Å²) in [4.78, 5) is 12.1. The number of benzene rings is 2. The van der Waals surface area contributed by atoms with Crippen molar-refractivity contribution in [3.8, 4) is 11.1 Å². The van der Waals surface area contributed by atoms with E-state index in [0.717, 1.165) is 28.7 Å². The second-order valence-electron chi connectivity index (χ2n) is 5.50. The molecule has 2 aromatic rings. The van der Waals surface area contributed by atoms with Crippen LogP contribution in [0.1, 0.15) is 24.0 Å². The highest BCUT2D eigenvalue weighted by atomic mass is 35.5. The lowest BCUT2D eigenvalue weighted by Crippen LogP contribution is -2.19. The molecule has 1 aliphatic rings. The van der Waals surface area contributed by atoms with Crippen LogP contribution in [0.3, 0.4) is 0 Å². The van der Waals surface area contributed by atoms with E-state index in [1.165, 1.54) is 6.08 Å². The zero-order valence-corrected chi connectivity index (χ0v) is 13.0. The van der Waals surface area contributed by atoms with E-state index < -0.39 is 12.0 Å². The molecule has 0 radical (unpaired) electrons. The molecule has 0 saturated carbocycles. The molecular weight excluding hydrogens is 296 g/mol. The van der Waals surface area contributed by atoms with Crippen LogP contribution in [0.5, 0.6) is 0 Å². The van der Waals surface area contributed by atoms with E-state index in [4.69, 9.17) is 11.6 Å².